The Morgan fingerprint density at radius 2 is 1.92 bits per heavy atom. The predicted molar refractivity (Wildman–Crippen MR) is 88.6 cm³/mol. The Kier molecular flexibility index (Phi) is 3.78. The second-order valence-electron chi connectivity index (χ2n) is 5.81. The molecule has 120 valence electrons. The number of aryl methyl sites for hydroxylation is 1. The molecule has 0 fully saturated rings. The van der Waals surface area contributed by atoms with Gasteiger partial charge in [-0.1, -0.05) is 0 Å². The Hall–Kier alpha value is -3.02. The minimum Gasteiger partial charge on any atom is -0.423 e. The number of hydrogen-bond donors (Lipinski definition) is 1. The smallest absolute Gasteiger partial charge is 0.257 e. The fourth-order valence-electron chi connectivity index (χ4n) is 3.05. The van der Waals surface area contributed by atoms with E-state index < -0.39 is 0 Å². The fraction of sp³-hybridized carbons (Fsp3) is 0.222. The second kappa shape index (κ2) is 6.23. The molecule has 1 aliphatic rings. The molecule has 0 bridgehead atoms. The van der Waals surface area contributed by atoms with Crippen LogP contribution >= 0.6 is 0 Å². The Bertz CT molecular complexity index is 857. The van der Waals surface area contributed by atoms with Crippen LogP contribution in [0.1, 0.15) is 34.3 Å². The van der Waals surface area contributed by atoms with Crippen LogP contribution in [0.25, 0.3) is 11.5 Å². The molecule has 1 aliphatic carbocycles. The molecule has 2 heterocycles. The van der Waals surface area contributed by atoms with Crippen molar-refractivity contribution in [2.75, 3.05) is 5.32 Å². The topological polar surface area (TPSA) is 80.9 Å². The molecular weight excluding hydrogens is 304 g/mol. The van der Waals surface area contributed by atoms with Crippen molar-refractivity contribution in [2.24, 2.45) is 0 Å². The summed E-state index contributed by atoms with van der Waals surface area (Å²) < 4.78 is 5.15. The molecule has 3 aromatic rings. The Morgan fingerprint density at radius 1 is 1.08 bits per heavy atom. The van der Waals surface area contributed by atoms with E-state index in [1.165, 1.54) is 12.0 Å². The van der Waals surface area contributed by atoms with Crippen molar-refractivity contribution in [1.29, 1.82) is 0 Å². The maximum absolute atomic E-state index is 12.6. The van der Waals surface area contributed by atoms with Gasteiger partial charge in [-0.15, -0.1) is 10.2 Å². The molecule has 0 atom stereocenters. The predicted octanol–water partition coefficient (Wildman–Crippen LogP) is 3.26. The first kappa shape index (κ1) is 14.6. The van der Waals surface area contributed by atoms with Crippen LogP contribution in [0.3, 0.4) is 0 Å². The first-order valence-electron chi connectivity index (χ1n) is 7.95. The van der Waals surface area contributed by atoms with Gasteiger partial charge in [0.2, 0.25) is 12.3 Å². The van der Waals surface area contributed by atoms with E-state index in [0.29, 0.717) is 11.5 Å². The van der Waals surface area contributed by atoms with Crippen molar-refractivity contribution in [3.05, 3.63) is 59.7 Å². The number of rotatable bonds is 3. The molecule has 4 rings (SSSR count). The summed E-state index contributed by atoms with van der Waals surface area (Å²) in [5, 5.41) is 10.5. The summed E-state index contributed by atoms with van der Waals surface area (Å²) in [6.45, 7) is 0. The minimum atomic E-state index is -0.119. The third kappa shape index (κ3) is 2.78. The number of fused-ring (bicyclic) bond motifs is 1. The first-order valence-corrected chi connectivity index (χ1v) is 7.95. The summed E-state index contributed by atoms with van der Waals surface area (Å²) in [6, 6.07) is 7.31. The molecule has 1 N–H and O–H groups in total. The Labute approximate surface area is 138 Å². The van der Waals surface area contributed by atoms with Gasteiger partial charge >= 0.3 is 0 Å². The molecule has 1 aromatic carbocycles. The zero-order valence-electron chi connectivity index (χ0n) is 13.0. The van der Waals surface area contributed by atoms with Gasteiger partial charge in [-0.25, -0.2) is 0 Å². The zero-order valence-corrected chi connectivity index (χ0v) is 13.0. The highest BCUT2D eigenvalue weighted by Crippen LogP contribution is 2.25. The number of aromatic nitrogens is 3. The molecule has 24 heavy (non-hydrogen) atoms. The maximum atomic E-state index is 12.6. The van der Waals surface area contributed by atoms with Crippen LogP contribution in [-0.4, -0.2) is 21.1 Å². The molecule has 6 heteroatoms. The van der Waals surface area contributed by atoms with Gasteiger partial charge in [-0.2, -0.15) is 0 Å². The summed E-state index contributed by atoms with van der Waals surface area (Å²) in [6.07, 6.45) is 9.05. The molecule has 0 unspecified atom stereocenters. The highest BCUT2D eigenvalue weighted by Gasteiger charge is 2.18. The number of nitrogens with zero attached hydrogens (tertiary/aromatic N) is 3. The summed E-state index contributed by atoms with van der Waals surface area (Å²) in [5.74, 6) is 0.334. The van der Waals surface area contributed by atoms with Crippen molar-refractivity contribution in [3.8, 4) is 11.5 Å². The van der Waals surface area contributed by atoms with Crippen molar-refractivity contribution >= 4 is 11.6 Å². The number of nitrogens with one attached hydrogen (secondary N) is 1. The van der Waals surface area contributed by atoms with Gasteiger partial charge < -0.3 is 9.73 Å². The van der Waals surface area contributed by atoms with Gasteiger partial charge in [0.15, 0.2) is 0 Å². The normalized spacial score (nSPS) is 13.3. The van der Waals surface area contributed by atoms with Crippen molar-refractivity contribution < 1.29 is 9.21 Å². The van der Waals surface area contributed by atoms with Crippen LogP contribution < -0.4 is 5.32 Å². The lowest BCUT2D eigenvalue weighted by atomic mass is 9.90. The van der Waals surface area contributed by atoms with Crippen molar-refractivity contribution in [1.82, 2.24) is 15.2 Å². The van der Waals surface area contributed by atoms with Gasteiger partial charge in [-0.3, -0.25) is 9.78 Å². The maximum Gasteiger partial charge on any atom is 0.257 e. The number of hydrogen-bond acceptors (Lipinski definition) is 5. The molecule has 1 amide bonds. The molecule has 6 nitrogen and oxygen atoms in total. The Morgan fingerprint density at radius 3 is 2.71 bits per heavy atom. The standard InChI is InChI=1S/C18H16N4O2/c23-17(16-10-19-9-13-3-1-2-4-15(13)16)21-14-7-5-12(6-8-14)18-22-20-11-24-18/h5-11H,1-4H2,(H,21,23). The lowest BCUT2D eigenvalue weighted by molar-refractivity contribution is 0.102. The average Bonchev–Trinajstić information content (AvgIpc) is 3.16. The summed E-state index contributed by atoms with van der Waals surface area (Å²) >= 11 is 0. The lowest BCUT2D eigenvalue weighted by Crippen LogP contribution is -2.17. The first-order chi connectivity index (χ1) is 11.8. The van der Waals surface area contributed by atoms with Crippen molar-refractivity contribution in [3.63, 3.8) is 0 Å². The van der Waals surface area contributed by atoms with Crippen molar-refractivity contribution in [2.45, 2.75) is 25.7 Å². The number of amides is 1. The van der Waals surface area contributed by atoms with Gasteiger partial charge in [-0.05, 0) is 61.1 Å². The second-order valence-corrected chi connectivity index (χ2v) is 5.81. The average molecular weight is 320 g/mol. The lowest BCUT2D eigenvalue weighted by Gasteiger charge is -2.18. The monoisotopic (exact) mass is 320 g/mol. The molecule has 2 aromatic heterocycles. The highest BCUT2D eigenvalue weighted by molar-refractivity contribution is 6.05. The van der Waals surface area contributed by atoms with E-state index in [9.17, 15) is 4.79 Å². The van der Waals surface area contributed by atoms with Crippen LogP contribution in [0.4, 0.5) is 5.69 Å². The molecule has 0 saturated heterocycles. The number of benzene rings is 1. The third-order valence-electron chi connectivity index (χ3n) is 4.26. The Balaban J connectivity index is 1.54. The summed E-state index contributed by atoms with van der Waals surface area (Å²) in [5.41, 5.74) is 4.53. The number of carbonyl (C=O) groups is 1. The number of carbonyl (C=O) groups excluding carboxylic acids is 1. The van der Waals surface area contributed by atoms with Crippen LogP contribution in [0, 0.1) is 0 Å². The summed E-state index contributed by atoms with van der Waals surface area (Å²) in [7, 11) is 0. The molecule has 0 saturated carbocycles. The van der Waals surface area contributed by atoms with Crippen LogP contribution in [0.2, 0.25) is 0 Å². The van der Waals surface area contributed by atoms with E-state index in [2.05, 4.69) is 20.5 Å². The number of anilines is 1. The van der Waals surface area contributed by atoms with Gasteiger partial charge in [0.25, 0.3) is 5.91 Å². The summed E-state index contributed by atoms with van der Waals surface area (Å²) in [4.78, 5) is 16.8. The van der Waals surface area contributed by atoms with Crippen LogP contribution in [0.5, 0.6) is 0 Å². The van der Waals surface area contributed by atoms with E-state index >= 15 is 0 Å². The molecule has 0 radical (unpaired) electrons. The molecule has 0 spiro atoms. The third-order valence-corrected chi connectivity index (χ3v) is 4.26. The highest BCUT2D eigenvalue weighted by atomic mass is 16.4. The van der Waals surface area contributed by atoms with E-state index in [1.54, 1.807) is 6.20 Å². The van der Waals surface area contributed by atoms with Gasteiger partial charge in [0.05, 0.1) is 5.56 Å². The largest absolute Gasteiger partial charge is 0.423 e. The molecular formula is C18H16N4O2. The van der Waals surface area contributed by atoms with Gasteiger partial charge in [0, 0.05) is 23.6 Å². The minimum absolute atomic E-state index is 0.119. The fourth-order valence-corrected chi connectivity index (χ4v) is 3.05. The van der Waals surface area contributed by atoms with Crippen LogP contribution in [-0.2, 0) is 12.8 Å². The SMILES string of the molecule is O=C(Nc1ccc(-c2nnco2)cc1)c1cncc2c1CCCC2. The van der Waals surface area contributed by atoms with Gasteiger partial charge in [0.1, 0.15) is 0 Å². The van der Waals surface area contributed by atoms with E-state index in [1.807, 2.05) is 30.5 Å². The molecule has 0 aliphatic heterocycles. The quantitative estimate of drug-likeness (QED) is 0.801. The van der Waals surface area contributed by atoms with E-state index in [0.717, 1.165) is 42.5 Å². The van der Waals surface area contributed by atoms with Crippen LogP contribution in [0.15, 0.2) is 47.5 Å². The van der Waals surface area contributed by atoms with E-state index in [4.69, 9.17) is 4.42 Å². The van der Waals surface area contributed by atoms with E-state index in [-0.39, 0.29) is 5.91 Å². The zero-order chi connectivity index (χ0) is 16.4. The number of pyridine rings is 1.